The molecular formula is C12H15FN2O5. The van der Waals surface area contributed by atoms with Crippen molar-refractivity contribution in [1.29, 1.82) is 0 Å². The normalized spacial score (nSPS) is 11.6. The predicted octanol–water partition coefficient (Wildman–Crippen LogP) is 0.791. The first-order valence-corrected chi connectivity index (χ1v) is 5.73. The zero-order valence-corrected chi connectivity index (χ0v) is 10.7. The molecule has 0 unspecified atom stereocenters. The van der Waals surface area contributed by atoms with Crippen LogP contribution in [-0.4, -0.2) is 42.0 Å². The van der Waals surface area contributed by atoms with E-state index in [2.05, 4.69) is 10.6 Å². The van der Waals surface area contributed by atoms with Crippen molar-refractivity contribution < 1.29 is 28.9 Å². The minimum Gasteiger partial charge on any atom is -0.497 e. The van der Waals surface area contributed by atoms with E-state index in [0.29, 0.717) is 5.75 Å². The number of carboxylic acid groups (broad SMARTS) is 1. The van der Waals surface area contributed by atoms with Crippen LogP contribution in [0.3, 0.4) is 0 Å². The lowest BCUT2D eigenvalue weighted by Crippen LogP contribution is -2.33. The third kappa shape index (κ3) is 4.73. The Bertz CT molecular complexity index is 495. The number of halogens is 1. The quantitative estimate of drug-likeness (QED) is 0.618. The Labute approximate surface area is 114 Å². The molecule has 7 nitrogen and oxygen atoms in total. The zero-order chi connectivity index (χ0) is 15.1. The number of anilines is 1. The zero-order valence-electron chi connectivity index (χ0n) is 10.7. The summed E-state index contributed by atoms with van der Waals surface area (Å²) in [5.74, 6) is -1.62. The van der Waals surface area contributed by atoms with Gasteiger partial charge in [0.2, 0.25) is 0 Å². The van der Waals surface area contributed by atoms with E-state index in [1.165, 1.54) is 19.2 Å². The number of benzene rings is 1. The number of ether oxygens (including phenoxy) is 1. The summed E-state index contributed by atoms with van der Waals surface area (Å²) in [5, 5.41) is 22.0. The number of carbonyl (C=O) groups is 2. The van der Waals surface area contributed by atoms with Gasteiger partial charge in [0.1, 0.15) is 11.6 Å². The van der Waals surface area contributed by atoms with Crippen LogP contribution in [0.5, 0.6) is 5.75 Å². The molecule has 1 aromatic carbocycles. The Morgan fingerprint density at radius 2 is 2.15 bits per heavy atom. The lowest BCUT2D eigenvalue weighted by Gasteiger charge is -2.10. The van der Waals surface area contributed by atoms with E-state index in [9.17, 15) is 14.0 Å². The molecule has 110 valence electrons. The topological polar surface area (TPSA) is 108 Å². The average Bonchev–Trinajstić information content (AvgIpc) is 2.41. The van der Waals surface area contributed by atoms with E-state index in [1.807, 2.05) is 0 Å². The van der Waals surface area contributed by atoms with Gasteiger partial charge in [0, 0.05) is 19.0 Å². The fraction of sp³-hybridized carbons (Fsp3) is 0.333. The summed E-state index contributed by atoms with van der Waals surface area (Å²) in [5.41, 5.74) is -0.0689. The largest absolute Gasteiger partial charge is 0.497 e. The van der Waals surface area contributed by atoms with Crippen LogP contribution in [0.25, 0.3) is 0 Å². The molecule has 0 aromatic heterocycles. The SMILES string of the molecule is COc1ccc(F)c(NC(=O)NCC[C@H](O)C(=O)O)c1. The molecule has 0 spiro atoms. The number of nitrogens with one attached hydrogen (secondary N) is 2. The van der Waals surface area contributed by atoms with Crippen molar-refractivity contribution in [3.63, 3.8) is 0 Å². The summed E-state index contributed by atoms with van der Waals surface area (Å²) in [6, 6.07) is 3.14. The molecule has 0 bridgehead atoms. The Morgan fingerprint density at radius 3 is 2.75 bits per heavy atom. The number of methoxy groups -OCH3 is 1. The second-order valence-corrected chi connectivity index (χ2v) is 3.87. The van der Waals surface area contributed by atoms with Gasteiger partial charge in [0.05, 0.1) is 12.8 Å². The molecular weight excluding hydrogens is 271 g/mol. The lowest BCUT2D eigenvalue weighted by atomic mass is 10.2. The Balaban J connectivity index is 2.48. The van der Waals surface area contributed by atoms with Gasteiger partial charge in [-0.05, 0) is 12.1 Å². The number of aliphatic hydroxyl groups excluding tert-OH is 1. The fourth-order valence-electron chi connectivity index (χ4n) is 1.34. The Morgan fingerprint density at radius 1 is 1.45 bits per heavy atom. The van der Waals surface area contributed by atoms with E-state index in [1.54, 1.807) is 0 Å². The summed E-state index contributed by atoms with van der Waals surface area (Å²) in [6.07, 6.45) is -1.70. The van der Waals surface area contributed by atoms with Crippen LogP contribution in [0.4, 0.5) is 14.9 Å². The molecule has 20 heavy (non-hydrogen) atoms. The summed E-state index contributed by atoms with van der Waals surface area (Å²) >= 11 is 0. The molecule has 0 aliphatic heterocycles. The smallest absolute Gasteiger partial charge is 0.332 e. The minimum absolute atomic E-state index is 0.0646. The van der Waals surface area contributed by atoms with Crippen LogP contribution in [0.1, 0.15) is 6.42 Å². The van der Waals surface area contributed by atoms with Gasteiger partial charge >= 0.3 is 12.0 Å². The molecule has 1 aromatic rings. The fourth-order valence-corrected chi connectivity index (χ4v) is 1.34. The molecule has 8 heteroatoms. The molecule has 0 heterocycles. The van der Waals surface area contributed by atoms with Crippen molar-refractivity contribution in [3.05, 3.63) is 24.0 Å². The van der Waals surface area contributed by atoms with Gasteiger partial charge in [-0.25, -0.2) is 14.0 Å². The van der Waals surface area contributed by atoms with Gasteiger partial charge in [-0.2, -0.15) is 0 Å². The summed E-state index contributed by atoms with van der Waals surface area (Å²) in [4.78, 5) is 21.8. The number of urea groups is 1. The van der Waals surface area contributed by atoms with Gasteiger partial charge in [-0.15, -0.1) is 0 Å². The highest BCUT2D eigenvalue weighted by Gasteiger charge is 2.13. The van der Waals surface area contributed by atoms with Crippen molar-refractivity contribution in [3.8, 4) is 5.75 Å². The van der Waals surface area contributed by atoms with Crippen molar-refractivity contribution in [1.82, 2.24) is 5.32 Å². The van der Waals surface area contributed by atoms with Crippen molar-refractivity contribution in [2.75, 3.05) is 19.0 Å². The van der Waals surface area contributed by atoms with Crippen molar-refractivity contribution >= 4 is 17.7 Å². The predicted molar refractivity (Wildman–Crippen MR) is 68.2 cm³/mol. The van der Waals surface area contributed by atoms with Crippen LogP contribution >= 0.6 is 0 Å². The second kappa shape index (κ2) is 7.29. The highest BCUT2D eigenvalue weighted by atomic mass is 19.1. The molecule has 0 radical (unpaired) electrons. The molecule has 4 N–H and O–H groups in total. The molecule has 0 aliphatic carbocycles. The van der Waals surface area contributed by atoms with Gasteiger partial charge in [-0.3, -0.25) is 0 Å². The summed E-state index contributed by atoms with van der Waals surface area (Å²) in [6.45, 7) is -0.0646. The van der Waals surface area contributed by atoms with Crippen molar-refractivity contribution in [2.45, 2.75) is 12.5 Å². The van der Waals surface area contributed by atoms with E-state index in [0.717, 1.165) is 6.07 Å². The Hall–Kier alpha value is -2.35. The van der Waals surface area contributed by atoms with Gasteiger partial charge in [-0.1, -0.05) is 0 Å². The molecule has 0 fully saturated rings. The van der Waals surface area contributed by atoms with E-state index >= 15 is 0 Å². The van der Waals surface area contributed by atoms with Crippen LogP contribution in [0.2, 0.25) is 0 Å². The highest BCUT2D eigenvalue weighted by molar-refractivity contribution is 5.89. The number of amides is 2. The molecule has 0 saturated carbocycles. The number of hydrogen-bond donors (Lipinski definition) is 4. The molecule has 0 saturated heterocycles. The third-order valence-electron chi connectivity index (χ3n) is 2.41. The maximum atomic E-state index is 13.4. The maximum Gasteiger partial charge on any atom is 0.332 e. The summed E-state index contributed by atoms with van der Waals surface area (Å²) in [7, 11) is 1.41. The minimum atomic E-state index is -1.55. The number of hydrogen-bond acceptors (Lipinski definition) is 4. The standard InChI is InChI=1S/C12H15FN2O5/c1-20-7-2-3-8(13)9(6-7)15-12(19)14-5-4-10(16)11(17)18/h2-3,6,10,16H,4-5H2,1H3,(H,17,18)(H2,14,15,19)/t10-/m0/s1. The Kier molecular flexibility index (Phi) is 5.73. The van der Waals surface area contributed by atoms with Crippen LogP contribution in [-0.2, 0) is 4.79 Å². The van der Waals surface area contributed by atoms with Crippen LogP contribution in [0.15, 0.2) is 18.2 Å². The number of aliphatic carboxylic acids is 1. The van der Waals surface area contributed by atoms with Crippen molar-refractivity contribution in [2.24, 2.45) is 0 Å². The van der Waals surface area contributed by atoms with Gasteiger partial charge in [0.25, 0.3) is 0 Å². The first-order chi connectivity index (χ1) is 9.43. The highest BCUT2D eigenvalue weighted by Crippen LogP contribution is 2.20. The number of aliphatic hydroxyl groups is 1. The monoisotopic (exact) mass is 286 g/mol. The molecule has 1 rings (SSSR count). The van der Waals surface area contributed by atoms with E-state index in [-0.39, 0.29) is 18.7 Å². The average molecular weight is 286 g/mol. The number of carbonyl (C=O) groups excluding carboxylic acids is 1. The number of carboxylic acids is 1. The van der Waals surface area contributed by atoms with E-state index < -0.39 is 23.9 Å². The van der Waals surface area contributed by atoms with E-state index in [4.69, 9.17) is 14.9 Å². The third-order valence-corrected chi connectivity index (χ3v) is 2.41. The van der Waals surface area contributed by atoms with Gasteiger partial charge in [0.15, 0.2) is 6.10 Å². The molecule has 2 amide bonds. The van der Waals surface area contributed by atoms with Crippen LogP contribution < -0.4 is 15.4 Å². The van der Waals surface area contributed by atoms with Crippen LogP contribution in [0, 0.1) is 5.82 Å². The summed E-state index contributed by atoms with van der Waals surface area (Å²) < 4.78 is 18.3. The van der Waals surface area contributed by atoms with Gasteiger partial charge < -0.3 is 25.6 Å². The first kappa shape index (κ1) is 15.7. The maximum absolute atomic E-state index is 13.4. The molecule has 0 aliphatic rings. The molecule has 1 atom stereocenters. The lowest BCUT2D eigenvalue weighted by molar-refractivity contribution is -0.146. The number of rotatable bonds is 6. The second-order valence-electron chi connectivity index (χ2n) is 3.87. The first-order valence-electron chi connectivity index (χ1n) is 5.73.